The number of aryl methyl sites for hydroxylation is 1. The lowest BCUT2D eigenvalue weighted by Crippen LogP contribution is -2.43. The number of hydrogen-bond donors (Lipinski definition) is 1. The van der Waals surface area contributed by atoms with Gasteiger partial charge in [0, 0.05) is 25.3 Å². The fourth-order valence-corrected chi connectivity index (χ4v) is 3.98. The Morgan fingerprint density at radius 1 is 1.25 bits per heavy atom. The summed E-state index contributed by atoms with van der Waals surface area (Å²) in [6.07, 6.45) is 1.91. The minimum Gasteiger partial charge on any atom is -0.381 e. The Hall–Kier alpha value is -0.910. The predicted octanol–water partition coefficient (Wildman–Crippen LogP) is 1.93. The molecule has 1 saturated heterocycles. The monoisotopic (exact) mass is 297 g/mol. The molecular formula is C15H23NO3S. The van der Waals surface area contributed by atoms with E-state index in [2.05, 4.69) is 5.32 Å². The van der Waals surface area contributed by atoms with Gasteiger partial charge < -0.3 is 10.1 Å². The van der Waals surface area contributed by atoms with E-state index in [0.29, 0.717) is 10.9 Å². The maximum atomic E-state index is 12.3. The van der Waals surface area contributed by atoms with Gasteiger partial charge in [-0.1, -0.05) is 17.7 Å². The zero-order chi connectivity index (χ0) is 14.6. The van der Waals surface area contributed by atoms with Gasteiger partial charge in [0.2, 0.25) is 0 Å². The Morgan fingerprint density at radius 2 is 1.85 bits per heavy atom. The van der Waals surface area contributed by atoms with Crippen LogP contribution in [0.15, 0.2) is 29.2 Å². The number of ether oxygens (including phenoxy) is 1. The lowest BCUT2D eigenvalue weighted by Gasteiger charge is -2.26. The van der Waals surface area contributed by atoms with Gasteiger partial charge in [0.05, 0.1) is 10.6 Å². The van der Waals surface area contributed by atoms with E-state index in [0.717, 1.165) is 31.6 Å². The topological polar surface area (TPSA) is 55.4 Å². The predicted molar refractivity (Wildman–Crippen MR) is 79.7 cm³/mol. The molecule has 1 fully saturated rings. The van der Waals surface area contributed by atoms with E-state index in [-0.39, 0.29) is 11.8 Å². The van der Waals surface area contributed by atoms with Crippen LogP contribution in [0.3, 0.4) is 0 Å². The van der Waals surface area contributed by atoms with Crippen LogP contribution in [0.2, 0.25) is 0 Å². The van der Waals surface area contributed by atoms with Gasteiger partial charge in [-0.05, 0) is 38.8 Å². The molecule has 1 aromatic carbocycles. The molecule has 0 radical (unpaired) electrons. The molecule has 20 heavy (non-hydrogen) atoms. The molecule has 112 valence electrons. The molecule has 0 bridgehead atoms. The van der Waals surface area contributed by atoms with Crippen molar-refractivity contribution in [1.82, 2.24) is 5.32 Å². The van der Waals surface area contributed by atoms with Crippen molar-refractivity contribution in [2.45, 2.75) is 43.7 Å². The average molecular weight is 297 g/mol. The summed E-state index contributed by atoms with van der Waals surface area (Å²) in [6.45, 7) is 5.40. The number of benzene rings is 1. The van der Waals surface area contributed by atoms with Crippen molar-refractivity contribution in [2.24, 2.45) is 0 Å². The molecule has 4 nitrogen and oxygen atoms in total. The zero-order valence-electron chi connectivity index (χ0n) is 12.1. The first-order valence-electron chi connectivity index (χ1n) is 7.10. The number of rotatable bonds is 5. The summed E-state index contributed by atoms with van der Waals surface area (Å²) >= 11 is 0. The van der Waals surface area contributed by atoms with E-state index in [9.17, 15) is 8.42 Å². The molecule has 0 spiro atoms. The highest BCUT2D eigenvalue weighted by Crippen LogP contribution is 2.14. The minimum atomic E-state index is -3.22. The molecule has 2 rings (SSSR count). The van der Waals surface area contributed by atoms with E-state index in [1.54, 1.807) is 12.1 Å². The van der Waals surface area contributed by atoms with Gasteiger partial charge in [0.1, 0.15) is 0 Å². The van der Waals surface area contributed by atoms with Crippen molar-refractivity contribution in [3.8, 4) is 0 Å². The zero-order valence-corrected chi connectivity index (χ0v) is 12.9. The molecule has 0 unspecified atom stereocenters. The van der Waals surface area contributed by atoms with Crippen LogP contribution in [-0.4, -0.2) is 39.5 Å². The van der Waals surface area contributed by atoms with Crippen LogP contribution < -0.4 is 5.32 Å². The fraction of sp³-hybridized carbons (Fsp3) is 0.600. The van der Waals surface area contributed by atoms with Crippen molar-refractivity contribution in [1.29, 1.82) is 0 Å². The second kappa shape index (κ2) is 6.70. The summed E-state index contributed by atoms with van der Waals surface area (Å²) in [6, 6.07) is 7.36. The SMILES string of the molecule is Cc1ccc(S(=O)(=O)C[C@@H](C)NC2CCOCC2)cc1. The van der Waals surface area contributed by atoms with E-state index in [4.69, 9.17) is 4.74 Å². The van der Waals surface area contributed by atoms with E-state index < -0.39 is 9.84 Å². The molecule has 1 aliphatic heterocycles. The van der Waals surface area contributed by atoms with Gasteiger partial charge in [-0.2, -0.15) is 0 Å². The summed E-state index contributed by atoms with van der Waals surface area (Å²) in [5.74, 6) is 0.132. The first-order chi connectivity index (χ1) is 9.47. The number of sulfone groups is 1. The van der Waals surface area contributed by atoms with Crippen LogP contribution in [0.4, 0.5) is 0 Å². The summed E-state index contributed by atoms with van der Waals surface area (Å²) in [4.78, 5) is 0.406. The number of hydrogen-bond acceptors (Lipinski definition) is 4. The van der Waals surface area contributed by atoms with Gasteiger partial charge in [-0.25, -0.2) is 8.42 Å². The van der Waals surface area contributed by atoms with Crippen LogP contribution in [0, 0.1) is 6.92 Å². The van der Waals surface area contributed by atoms with Crippen molar-refractivity contribution < 1.29 is 13.2 Å². The third-order valence-corrected chi connectivity index (χ3v) is 5.52. The molecule has 1 aromatic rings. The van der Waals surface area contributed by atoms with Crippen LogP contribution in [0.1, 0.15) is 25.3 Å². The maximum absolute atomic E-state index is 12.3. The first kappa shape index (κ1) is 15.5. The maximum Gasteiger partial charge on any atom is 0.179 e. The molecule has 1 atom stereocenters. The summed E-state index contributed by atoms with van der Waals surface area (Å²) in [5, 5.41) is 3.40. The van der Waals surface area contributed by atoms with E-state index in [1.807, 2.05) is 26.0 Å². The quantitative estimate of drug-likeness (QED) is 0.902. The van der Waals surface area contributed by atoms with Gasteiger partial charge in [0.25, 0.3) is 0 Å². The molecule has 0 saturated carbocycles. The first-order valence-corrected chi connectivity index (χ1v) is 8.76. The Labute approximate surface area is 121 Å². The number of nitrogens with one attached hydrogen (secondary N) is 1. The molecule has 1 N–H and O–H groups in total. The van der Waals surface area contributed by atoms with Crippen LogP contribution >= 0.6 is 0 Å². The second-order valence-corrected chi connectivity index (χ2v) is 7.58. The van der Waals surface area contributed by atoms with Crippen molar-refractivity contribution in [2.75, 3.05) is 19.0 Å². The van der Waals surface area contributed by atoms with E-state index in [1.165, 1.54) is 0 Å². The van der Waals surface area contributed by atoms with Crippen molar-refractivity contribution in [3.63, 3.8) is 0 Å². The molecule has 0 aromatic heterocycles. The highest BCUT2D eigenvalue weighted by molar-refractivity contribution is 7.91. The largest absolute Gasteiger partial charge is 0.381 e. The molecule has 1 aliphatic rings. The summed E-state index contributed by atoms with van der Waals surface area (Å²) < 4.78 is 30.0. The summed E-state index contributed by atoms with van der Waals surface area (Å²) in [7, 11) is -3.22. The highest BCUT2D eigenvalue weighted by Gasteiger charge is 2.21. The van der Waals surface area contributed by atoms with Gasteiger partial charge >= 0.3 is 0 Å². The van der Waals surface area contributed by atoms with Crippen molar-refractivity contribution in [3.05, 3.63) is 29.8 Å². The lowest BCUT2D eigenvalue weighted by atomic mass is 10.1. The third-order valence-electron chi connectivity index (χ3n) is 3.59. The van der Waals surface area contributed by atoms with Crippen LogP contribution in [0.5, 0.6) is 0 Å². The third kappa shape index (κ3) is 4.30. The normalized spacial score (nSPS) is 18.9. The van der Waals surface area contributed by atoms with Gasteiger partial charge in [0.15, 0.2) is 9.84 Å². The molecule has 1 heterocycles. The lowest BCUT2D eigenvalue weighted by molar-refractivity contribution is 0.0761. The average Bonchev–Trinajstić information content (AvgIpc) is 2.39. The fourth-order valence-electron chi connectivity index (χ4n) is 2.49. The molecule has 0 amide bonds. The molecule has 0 aliphatic carbocycles. The molecule has 5 heteroatoms. The van der Waals surface area contributed by atoms with E-state index >= 15 is 0 Å². The highest BCUT2D eigenvalue weighted by atomic mass is 32.2. The smallest absolute Gasteiger partial charge is 0.179 e. The molecular weight excluding hydrogens is 274 g/mol. The Balaban J connectivity index is 1.95. The summed E-state index contributed by atoms with van der Waals surface area (Å²) in [5.41, 5.74) is 1.07. The van der Waals surface area contributed by atoms with Crippen LogP contribution in [0.25, 0.3) is 0 Å². The second-order valence-electron chi connectivity index (χ2n) is 5.55. The van der Waals surface area contributed by atoms with Gasteiger partial charge in [-0.15, -0.1) is 0 Å². The minimum absolute atomic E-state index is 0.0515. The standard InChI is InChI=1S/C15H23NO3S/c1-12-3-5-15(6-4-12)20(17,18)11-13(2)16-14-7-9-19-10-8-14/h3-6,13-14,16H,7-11H2,1-2H3/t13-/m1/s1. The van der Waals surface area contributed by atoms with Crippen LogP contribution in [-0.2, 0) is 14.6 Å². The Morgan fingerprint density at radius 3 is 2.45 bits per heavy atom. The Kier molecular flexibility index (Phi) is 5.18. The Bertz CT molecular complexity index is 519. The van der Waals surface area contributed by atoms with Crippen molar-refractivity contribution >= 4 is 9.84 Å². The van der Waals surface area contributed by atoms with Gasteiger partial charge in [-0.3, -0.25) is 0 Å².